The largest absolute Gasteiger partial charge is 0.346 e. The van der Waals surface area contributed by atoms with Crippen LogP contribution in [0.5, 0.6) is 0 Å². The Hall–Kier alpha value is -2.79. The van der Waals surface area contributed by atoms with E-state index in [0.29, 0.717) is 11.1 Å². The minimum absolute atomic E-state index is 0.0126. The van der Waals surface area contributed by atoms with Gasteiger partial charge in [0, 0.05) is 29.8 Å². The smallest absolute Gasteiger partial charge is 0.269 e. The SMILES string of the molecule is O=C(N[C@H]1CO[C@@H](c2cccc([N+](=O)[O-])c2)OC1c1ccc([N+](=O)[O-])cc1)C(Cl)Cl. The number of amides is 1. The fourth-order valence-corrected chi connectivity index (χ4v) is 3.09. The molecule has 3 atom stereocenters. The van der Waals surface area contributed by atoms with E-state index in [-0.39, 0.29) is 18.0 Å². The number of benzene rings is 2. The number of rotatable bonds is 6. The quantitative estimate of drug-likeness (QED) is 0.399. The highest BCUT2D eigenvalue weighted by atomic mass is 35.5. The molecule has 1 amide bonds. The van der Waals surface area contributed by atoms with Crippen molar-refractivity contribution < 1.29 is 24.1 Å². The molecule has 0 spiro atoms. The van der Waals surface area contributed by atoms with E-state index in [1.54, 1.807) is 6.07 Å². The number of halogens is 2. The number of carbonyl (C=O) groups excluding carboxylic acids is 1. The van der Waals surface area contributed by atoms with Gasteiger partial charge in [-0.25, -0.2) is 0 Å². The zero-order valence-electron chi connectivity index (χ0n) is 15.1. The zero-order valence-corrected chi connectivity index (χ0v) is 16.7. The molecule has 0 radical (unpaired) electrons. The normalized spacial score (nSPS) is 21.2. The first kappa shape index (κ1) is 21.9. The second-order valence-electron chi connectivity index (χ2n) is 6.34. The lowest BCUT2D eigenvalue weighted by Gasteiger charge is -2.37. The molecule has 3 rings (SSSR count). The molecule has 1 N–H and O–H groups in total. The Balaban J connectivity index is 1.89. The summed E-state index contributed by atoms with van der Waals surface area (Å²) in [6.07, 6.45) is -1.74. The molecule has 0 aliphatic carbocycles. The molecule has 158 valence electrons. The van der Waals surface area contributed by atoms with Gasteiger partial charge in [-0.3, -0.25) is 25.0 Å². The number of ether oxygens (including phenoxy) is 2. The van der Waals surface area contributed by atoms with Crippen LogP contribution in [-0.4, -0.2) is 33.2 Å². The van der Waals surface area contributed by atoms with E-state index in [0.717, 1.165) is 0 Å². The highest BCUT2D eigenvalue weighted by Gasteiger charge is 2.36. The predicted octanol–water partition coefficient (Wildman–Crippen LogP) is 3.58. The van der Waals surface area contributed by atoms with Crippen LogP contribution in [0, 0.1) is 20.2 Å². The number of hydrogen-bond donors (Lipinski definition) is 1. The van der Waals surface area contributed by atoms with Crippen molar-refractivity contribution in [2.24, 2.45) is 0 Å². The Morgan fingerprint density at radius 2 is 1.70 bits per heavy atom. The molecule has 0 bridgehead atoms. The predicted molar refractivity (Wildman–Crippen MR) is 106 cm³/mol. The summed E-state index contributed by atoms with van der Waals surface area (Å²) in [5.41, 5.74) is 0.705. The summed E-state index contributed by atoms with van der Waals surface area (Å²) >= 11 is 11.2. The monoisotopic (exact) mass is 455 g/mol. The van der Waals surface area contributed by atoms with E-state index in [2.05, 4.69) is 5.32 Å². The van der Waals surface area contributed by atoms with Gasteiger partial charge in [0.2, 0.25) is 0 Å². The van der Waals surface area contributed by atoms with Crippen molar-refractivity contribution in [3.63, 3.8) is 0 Å². The molecule has 30 heavy (non-hydrogen) atoms. The zero-order chi connectivity index (χ0) is 21.8. The molecule has 0 aromatic heterocycles. The molecule has 1 fully saturated rings. The number of alkyl halides is 2. The van der Waals surface area contributed by atoms with Gasteiger partial charge in [0.25, 0.3) is 17.3 Å². The van der Waals surface area contributed by atoms with Crippen molar-refractivity contribution in [2.75, 3.05) is 6.61 Å². The van der Waals surface area contributed by atoms with Gasteiger partial charge in [0.15, 0.2) is 11.1 Å². The van der Waals surface area contributed by atoms with Crippen molar-refractivity contribution >= 4 is 40.5 Å². The highest BCUT2D eigenvalue weighted by molar-refractivity contribution is 6.53. The van der Waals surface area contributed by atoms with Crippen LogP contribution in [0.25, 0.3) is 0 Å². The summed E-state index contributed by atoms with van der Waals surface area (Å²) in [5, 5.41) is 24.6. The van der Waals surface area contributed by atoms with Crippen LogP contribution in [0.15, 0.2) is 48.5 Å². The van der Waals surface area contributed by atoms with Gasteiger partial charge in [0.1, 0.15) is 6.10 Å². The fourth-order valence-electron chi connectivity index (χ4n) is 2.97. The summed E-state index contributed by atoms with van der Waals surface area (Å²) in [5.74, 6) is -0.656. The Labute approximate surface area is 180 Å². The minimum atomic E-state index is -1.31. The maximum Gasteiger partial charge on any atom is 0.269 e. The van der Waals surface area contributed by atoms with Crippen LogP contribution in [0.2, 0.25) is 0 Å². The molecular formula is C18H15Cl2N3O7. The average molecular weight is 456 g/mol. The first-order valence-electron chi connectivity index (χ1n) is 8.60. The van der Waals surface area contributed by atoms with Gasteiger partial charge in [0.05, 0.1) is 22.5 Å². The van der Waals surface area contributed by atoms with Gasteiger partial charge in [-0.05, 0) is 17.7 Å². The summed E-state index contributed by atoms with van der Waals surface area (Å²) in [4.78, 5) is 31.5. The van der Waals surface area contributed by atoms with Crippen LogP contribution in [0.3, 0.4) is 0 Å². The molecule has 2 aromatic rings. The lowest BCUT2D eigenvalue weighted by molar-refractivity contribution is -0.385. The van der Waals surface area contributed by atoms with Gasteiger partial charge in [-0.1, -0.05) is 35.3 Å². The molecule has 1 unspecified atom stereocenters. The third kappa shape index (κ3) is 5.03. The molecule has 1 aliphatic heterocycles. The summed E-state index contributed by atoms with van der Waals surface area (Å²) < 4.78 is 11.6. The summed E-state index contributed by atoms with van der Waals surface area (Å²) in [6.45, 7) is -0.0126. The van der Waals surface area contributed by atoms with Crippen molar-refractivity contribution in [1.82, 2.24) is 5.32 Å². The second kappa shape index (κ2) is 9.35. The minimum Gasteiger partial charge on any atom is -0.346 e. The van der Waals surface area contributed by atoms with E-state index in [1.165, 1.54) is 42.5 Å². The van der Waals surface area contributed by atoms with Gasteiger partial charge >= 0.3 is 0 Å². The van der Waals surface area contributed by atoms with E-state index < -0.39 is 39.0 Å². The second-order valence-corrected chi connectivity index (χ2v) is 7.43. The number of non-ortho nitro benzene ring substituents is 2. The Morgan fingerprint density at radius 1 is 1.03 bits per heavy atom. The van der Waals surface area contributed by atoms with E-state index in [4.69, 9.17) is 32.7 Å². The van der Waals surface area contributed by atoms with Gasteiger partial charge < -0.3 is 14.8 Å². The first-order valence-corrected chi connectivity index (χ1v) is 9.48. The lowest BCUT2D eigenvalue weighted by atomic mass is 10.0. The molecule has 2 aromatic carbocycles. The topological polar surface area (TPSA) is 134 Å². The van der Waals surface area contributed by atoms with Gasteiger partial charge in [-0.2, -0.15) is 0 Å². The number of nitrogens with zero attached hydrogens (tertiary/aromatic N) is 2. The third-order valence-electron chi connectivity index (χ3n) is 4.37. The summed E-state index contributed by atoms with van der Waals surface area (Å²) in [6, 6.07) is 10.7. The van der Waals surface area contributed by atoms with E-state index in [9.17, 15) is 25.0 Å². The van der Waals surface area contributed by atoms with Gasteiger partial charge in [-0.15, -0.1) is 0 Å². The maximum absolute atomic E-state index is 12.0. The van der Waals surface area contributed by atoms with Crippen molar-refractivity contribution in [1.29, 1.82) is 0 Å². The molecular weight excluding hydrogens is 441 g/mol. The Bertz CT molecular complexity index is 955. The molecule has 1 aliphatic rings. The first-order chi connectivity index (χ1) is 14.3. The molecule has 1 heterocycles. The van der Waals surface area contributed by atoms with Crippen LogP contribution in [0.4, 0.5) is 11.4 Å². The van der Waals surface area contributed by atoms with Crippen LogP contribution < -0.4 is 5.32 Å². The lowest BCUT2D eigenvalue weighted by Crippen LogP contribution is -2.48. The Kier molecular flexibility index (Phi) is 6.83. The fraction of sp³-hybridized carbons (Fsp3) is 0.278. The maximum atomic E-state index is 12.0. The number of hydrogen-bond acceptors (Lipinski definition) is 7. The van der Waals surface area contributed by atoms with Crippen molar-refractivity contribution in [3.8, 4) is 0 Å². The standard InChI is InChI=1S/C18H15Cl2N3O7/c19-16(20)17(24)21-14-9-29-18(11-2-1-3-13(8-11)23(27)28)30-15(14)10-4-6-12(7-5-10)22(25)26/h1-8,14-16,18H,9H2,(H,21,24)/t14-,15?,18+/m0/s1. The average Bonchev–Trinajstić information content (AvgIpc) is 2.74. The molecule has 1 saturated heterocycles. The van der Waals surface area contributed by atoms with Crippen molar-refractivity contribution in [2.45, 2.75) is 23.3 Å². The van der Waals surface area contributed by atoms with E-state index in [1.807, 2.05) is 0 Å². The van der Waals surface area contributed by atoms with Crippen molar-refractivity contribution in [3.05, 3.63) is 79.9 Å². The molecule has 12 heteroatoms. The molecule has 10 nitrogen and oxygen atoms in total. The number of nitro benzene ring substituents is 2. The number of nitrogens with one attached hydrogen (secondary N) is 1. The molecule has 0 saturated carbocycles. The summed E-state index contributed by atoms with van der Waals surface area (Å²) in [7, 11) is 0. The highest BCUT2D eigenvalue weighted by Crippen LogP contribution is 2.36. The van der Waals surface area contributed by atoms with Crippen LogP contribution >= 0.6 is 23.2 Å². The van der Waals surface area contributed by atoms with E-state index >= 15 is 0 Å². The number of nitro groups is 2. The number of carbonyl (C=O) groups is 1. The third-order valence-corrected chi connectivity index (χ3v) is 4.77. The van der Waals surface area contributed by atoms with Crippen LogP contribution in [0.1, 0.15) is 23.5 Å². The van der Waals surface area contributed by atoms with Crippen LogP contribution in [-0.2, 0) is 14.3 Å². The Morgan fingerprint density at radius 3 is 2.30 bits per heavy atom.